The van der Waals surface area contributed by atoms with Gasteiger partial charge in [-0.25, -0.2) is 9.59 Å². The van der Waals surface area contributed by atoms with Gasteiger partial charge in [0.2, 0.25) is 5.91 Å². The van der Waals surface area contributed by atoms with Gasteiger partial charge in [0.15, 0.2) is 0 Å². The fourth-order valence-electron chi connectivity index (χ4n) is 1.62. The Labute approximate surface area is 161 Å². The summed E-state index contributed by atoms with van der Waals surface area (Å²) in [5.41, 5.74) is -0.652. The number of amides is 2. The Morgan fingerprint density at radius 1 is 1.24 bits per heavy atom. The molecule has 0 spiro atoms. The van der Waals surface area contributed by atoms with Crippen molar-refractivity contribution in [3.63, 3.8) is 0 Å². The molecular formula is C16H27BrN2O5S. The van der Waals surface area contributed by atoms with Crippen molar-refractivity contribution in [3.05, 3.63) is 12.7 Å². The molecule has 0 aromatic heterocycles. The normalized spacial score (nSPS) is 13.3. The average molecular weight is 439 g/mol. The molecule has 0 aromatic rings. The van der Waals surface area contributed by atoms with E-state index in [1.807, 2.05) is 6.26 Å². The molecule has 2 amide bonds. The van der Waals surface area contributed by atoms with Crippen molar-refractivity contribution in [2.45, 2.75) is 44.9 Å². The van der Waals surface area contributed by atoms with Crippen LogP contribution in [0.25, 0.3) is 0 Å². The van der Waals surface area contributed by atoms with E-state index in [0.717, 1.165) is 0 Å². The third-order valence-corrected chi connectivity index (χ3v) is 4.01. The summed E-state index contributed by atoms with van der Waals surface area (Å²) in [5, 5.41) is 5.24. The van der Waals surface area contributed by atoms with Crippen LogP contribution < -0.4 is 10.6 Å². The van der Waals surface area contributed by atoms with Crippen LogP contribution in [0.4, 0.5) is 4.79 Å². The van der Waals surface area contributed by atoms with Crippen LogP contribution >= 0.6 is 27.7 Å². The van der Waals surface area contributed by atoms with E-state index in [1.165, 1.54) is 6.08 Å². The minimum Gasteiger partial charge on any atom is -0.458 e. The SMILES string of the molecule is C=CCOC(=O)N[C@@H](CBr)C(=O)N[C@@H](CCSC)C(=O)OC(C)(C)C. The maximum absolute atomic E-state index is 12.4. The van der Waals surface area contributed by atoms with Crippen molar-refractivity contribution >= 4 is 45.7 Å². The number of hydrogen-bond donors (Lipinski definition) is 2. The van der Waals surface area contributed by atoms with E-state index in [0.29, 0.717) is 12.2 Å². The van der Waals surface area contributed by atoms with Gasteiger partial charge in [-0.3, -0.25) is 4.79 Å². The summed E-state index contributed by atoms with van der Waals surface area (Å²) >= 11 is 4.73. The van der Waals surface area contributed by atoms with E-state index < -0.39 is 35.7 Å². The smallest absolute Gasteiger partial charge is 0.408 e. The molecule has 2 N–H and O–H groups in total. The van der Waals surface area contributed by atoms with Gasteiger partial charge in [0, 0.05) is 5.33 Å². The van der Waals surface area contributed by atoms with Crippen LogP contribution in [-0.2, 0) is 19.1 Å². The number of thioether (sulfide) groups is 1. The first-order valence-electron chi connectivity index (χ1n) is 7.77. The van der Waals surface area contributed by atoms with E-state index in [1.54, 1.807) is 32.5 Å². The lowest BCUT2D eigenvalue weighted by molar-refractivity contribution is -0.158. The third kappa shape index (κ3) is 11.1. The van der Waals surface area contributed by atoms with Gasteiger partial charge in [0.05, 0.1) is 0 Å². The van der Waals surface area contributed by atoms with Crippen molar-refractivity contribution in [1.82, 2.24) is 10.6 Å². The maximum Gasteiger partial charge on any atom is 0.408 e. The molecule has 0 bridgehead atoms. The molecule has 0 unspecified atom stereocenters. The van der Waals surface area contributed by atoms with Gasteiger partial charge in [0.1, 0.15) is 24.3 Å². The Hall–Kier alpha value is -1.22. The number of ether oxygens (including phenoxy) is 2. The van der Waals surface area contributed by atoms with Crippen LogP contribution in [0.1, 0.15) is 27.2 Å². The van der Waals surface area contributed by atoms with Gasteiger partial charge in [0.25, 0.3) is 0 Å². The van der Waals surface area contributed by atoms with Crippen molar-refractivity contribution in [2.24, 2.45) is 0 Å². The van der Waals surface area contributed by atoms with Crippen LogP contribution in [0, 0.1) is 0 Å². The number of nitrogens with one attached hydrogen (secondary N) is 2. The van der Waals surface area contributed by atoms with E-state index >= 15 is 0 Å². The largest absolute Gasteiger partial charge is 0.458 e. The lowest BCUT2D eigenvalue weighted by Gasteiger charge is -2.25. The van der Waals surface area contributed by atoms with E-state index in [9.17, 15) is 14.4 Å². The van der Waals surface area contributed by atoms with Gasteiger partial charge in [-0.2, -0.15) is 11.8 Å². The molecule has 0 fully saturated rings. The predicted molar refractivity (Wildman–Crippen MR) is 103 cm³/mol. The Morgan fingerprint density at radius 2 is 1.88 bits per heavy atom. The van der Waals surface area contributed by atoms with E-state index in [2.05, 4.69) is 33.1 Å². The lowest BCUT2D eigenvalue weighted by atomic mass is 10.1. The highest BCUT2D eigenvalue weighted by Gasteiger charge is 2.29. The van der Waals surface area contributed by atoms with Gasteiger partial charge in [-0.1, -0.05) is 28.6 Å². The number of rotatable bonds is 10. The molecule has 7 nitrogen and oxygen atoms in total. The molecule has 0 saturated heterocycles. The van der Waals surface area contributed by atoms with E-state index in [4.69, 9.17) is 9.47 Å². The maximum atomic E-state index is 12.4. The van der Waals surface area contributed by atoms with Gasteiger partial charge in [-0.05, 0) is 39.2 Å². The Kier molecular flexibility index (Phi) is 11.6. The second kappa shape index (κ2) is 12.2. The number of esters is 1. The molecule has 9 heteroatoms. The Balaban J connectivity index is 4.87. The summed E-state index contributed by atoms with van der Waals surface area (Å²) in [6, 6.07) is -1.66. The highest BCUT2D eigenvalue weighted by Crippen LogP contribution is 2.11. The quantitative estimate of drug-likeness (QED) is 0.308. The lowest BCUT2D eigenvalue weighted by Crippen LogP contribution is -2.53. The van der Waals surface area contributed by atoms with Gasteiger partial charge < -0.3 is 20.1 Å². The highest BCUT2D eigenvalue weighted by atomic mass is 79.9. The first-order valence-corrected chi connectivity index (χ1v) is 10.3. The first kappa shape index (κ1) is 23.8. The summed E-state index contributed by atoms with van der Waals surface area (Å²) < 4.78 is 10.1. The zero-order valence-corrected chi connectivity index (χ0v) is 17.5. The molecule has 0 heterocycles. The molecule has 0 aliphatic heterocycles. The Morgan fingerprint density at radius 3 is 2.36 bits per heavy atom. The summed E-state index contributed by atoms with van der Waals surface area (Å²) in [4.78, 5) is 36.3. The molecule has 2 atom stereocenters. The van der Waals surface area contributed by atoms with Crippen molar-refractivity contribution in [3.8, 4) is 0 Å². The second-order valence-corrected chi connectivity index (χ2v) is 7.75. The van der Waals surface area contributed by atoms with Crippen molar-refractivity contribution in [2.75, 3.05) is 23.9 Å². The zero-order chi connectivity index (χ0) is 19.5. The fourth-order valence-corrected chi connectivity index (χ4v) is 2.55. The molecule has 0 aromatic carbocycles. The molecule has 0 aliphatic carbocycles. The topological polar surface area (TPSA) is 93.7 Å². The van der Waals surface area contributed by atoms with Crippen LogP contribution in [0.2, 0.25) is 0 Å². The summed E-state index contributed by atoms with van der Waals surface area (Å²) in [7, 11) is 0. The second-order valence-electron chi connectivity index (χ2n) is 6.11. The minimum atomic E-state index is -0.878. The summed E-state index contributed by atoms with van der Waals surface area (Å²) in [6.45, 7) is 8.76. The number of alkyl halides is 1. The van der Waals surface area contributed by atoms with Crippen LogP contribution in [0.15, 0.2) is 12.7 Å². The van der Waals surface area contributed by atoms with Crippen LogP contribution in [-0.4, -0.2) is 59.6 Å². The molecule has 0 saturated carbocycles. The standard InChI is InChI=1S/C16H27BrN2O5S/c1-6-8-23-15(22)19-12(10-17)13(20)18-11(7-9-25-5)14(21)24-16(2,3)4/h6,11-12H,1,7-10H2,2-5H3,(H,18,20)(H,19,22)/t11-,12-/m0/s1. The van der Waals surface area contributed by atoms with Gasteiger partial charge >= 0.3 is 12.1 Å². The fraction of sp³-hybridized carbons (Fsp3) is 0.688. The van der Waals surface area contributed by atoms with Gasteiger partial charge in [-0.15, -0.1) is 0 Å². The number of carbonyl (C=O) groups excluding carboxylic acids is 3. The predicted octanol–water partition coefficient (Wildman–Crippen LogP) is 2.24. The summed E-state index contributed by atoms with van der Waals surface area (Å²) in [6.07, 6.45) is 3.02. The van der Waals surface area contributed by atoms with Crippen LogP contribution in [0.3, 0.4) is 0 Å². The Bertz CT molecular complexity index is 468. The first-order chi connectivity index (χ1) is 11.6. The molecule has 144 valence electrons. The molecule has 25 heavy (non-hydrogen) atoms. The number of hydrogen-bond acceptors (Lipinski definition) is 6. The molecular weight excluding hydrogens is 412 g/mol. The number of alkyl carbamates (subject to hydrolysis) is 1. The van der Waals surface area contributed by atoms with Crippen molar-refractivity contribution in [1.29, 1.82) is 0 Å². The van der Waals surface area contributed by atoms with Crippen LogP contribution in [0.5, 0.6) is 0 Å². The molecule has 0 aliphatic rings. The van der Waals surface area contributed by atoms with E-state index in [-0.39, 0.29) is 11.9 Å². The monoisotopic (exact) mass is 438 g/mol. The summed E-state index contributed by atoms with van der Waals surface area (Å²) in [5.74, 6) is -0.320. The minimum absolute atomic E-state index is 0.0384. The van der Waals surface area contributed by atoms with Crippen molar-refractivity contribution < 1.29 is 23.9 Å². The molecule has 0 rings (SSSR count). The highest BCUT2D eigenvalue weighted by molar-refractivity contribution is 9.09. The third-order valence-electron chi connectivity index (χ3n) is 2.71. The number of carbonyl (C=O) groups is 3. The molecule has 0 radical (unpaired) electrons. The zero-order valence-electron chi connectivity index (χ0n) is 15.1. The number of halogens is 1. The average Bonchev–Trinajstić information content (AvgIpc) is 2.52.